The zero-order valence-corrected chi connectivity index (χ0v) is 15.8. The van der Waals surface area contributed by atoms with E-state index in [0.29, 0.717) is 11.4 Å². The van der Waals surface area contributed by atoms with E-state index in [0.717, 1.165) is 17.0 Å². The highest BCUT2D eigenvalue weighted by atomic mass is 32.2. The number of amides is 1. The number of rotatable bonds is 6. The second kappa shape index (κ2) is 7.97. The van der Waals surface area contributed by atoms with Crippen molar-refractivity contribution in [3.8, 4) is 17.2 Å². The largest absolute Gasteiger partial charge is 0.534 e. The lowest BCUT2D eigenvalue weighted by Gasteiger charge is -2.20. The van der Waals surface area contributed by atoms with Crippen molar-refractivity contribution in [1.82, 2.24) is 0 Å². The van der Waals surface area contributed by atoms with Crippen LogP contribution >= 0.6 is 0 Å². The monoisotopic (exact) mass is 419 g/mol. The number of carbonyl (C=O) groups excluding carboxylic acids is 1. The van der Waals surface area contributed by atoms with Gasteiger partial charge in [0.1, 0.15) is 11.5 Å². The summed E-state index contributed by atoms with van der Waals surface area (Å²) in [6.45, 7) is 0. The van der Waals surface area contributed by atoms with E-state index in [2.05, 4.69) is 4.18 Å². The normalized spacial score (nSPS) is 11.6. The van der Waals surface area contributed by atoms with E-state index in [4.69, 9.17) is 9.47 Å². The maximum atomic E-state index is 12.8. The van der Waals surface area contributed by atoms with Crippen LogP contribution in [0.4, 0.5) is 18.9 Å². The van der Waals surface area contributed by atoms with Gasteiger partial charge in [0.25, 0.3) is 5.91 Å². The van der Waals surface area contributed by atoms with Crippen LogP contribution in [0, 0.1) is 0 Å². The van der Waals surface area contributed by atoms with E-state index in [1.54, 1.807) is 24.3 Å². The zero-order valence-electron chi connectivity index (χ0n) is 15.0. The Balaban J connectivity index is 2.44. The molecule has 0 saturated heterocycles. The first-order valence-corrected chi connectivity index (χ1v) is 9.02. The van der Waals surface area contributed by atoms with Gasteiger partial charge < -0.3 is 18.6 Å². The van der Waals surface area contributed by atoms with Crippen LogP contribution in [0.3, 0.4) is 0 Å². The minimum absolute atomic E-state index is 0.0102. The van der Waals surface area contributed by atoms with Crippen LogP contribution in [0.2, 0.25) is 0 Å². The molecule has 11 heteroatoms. The molecule has 0 saturated carbocycles. The predicted molar refractivity (Wildman–Crippen MR) is 94.3 cm³/mol. The van der Waals surface area contributed by atoms with E-state index < -0.39 is 32.8 Å². The lowest BCUT2D eigenvalue weighted by molar-refractivity contribution is -0.0500. The van der Waals surface area contributed by atoms with Gasteiger partial charge in [-0.05, 0) is 36.4 Å². The molecule has 2 aromatic rings. The Bertz CT molecular complexity index is 958. The minimum Gasteiger partial charge on any atom is -0.497 e. The third kappa shape index (κ3) is 4.47. The fourth-order valence-electron chi connectivity index (χ4n) is 2.14. The van der Waals surface area contributed by atoms with E-state index in [1.807, 2.05) is 0 Å². The maximum absolute atomic E-state index is 12.8. The highest BCUT2D eigenvalue weighted by molar-refractivity contribution is 7.88. The molecular weight excluding hydrogens is 403 g/mol. The number of methoxy groups -OCH3 is 2. The first kappa shape index (κ1) is 21.4. The van der Waals surface area contributed by atoms with Crippen molar-refractivity contribution >= 4 is 21.7 Å². The maximum Gasteiger partial charge on any atom is 0.534 e. The highest BCUT2D eigenvalue weighted by Gasteiger charge is 2.49. The molecule has 0 atom stereocenters. The van der Waals surface area contributed by atoms with Crippen LogP contribution in [0.25, 0.3) is 0 Å². The van der Waals surface area contributed by atoms with Crippen molar-refractivity contribution in [2.45, 2.75) is 5.51 Å². The smallest absolute Gasteiger partial charge is 0.497 e. The fraction of sp³-hybridized carbons (Fsp3) is 0.235. The second-order valence-electron chi connectivity index (χ2n) is 5.41. The zero-order chi connectivity index (χ0) is 21.1. The van der Waals surface area contributed by atoms with Gasteiger partial charge in [-0.2, -0.15) is 21.6 Å². The summed E-state index contributed by atoms with van der Waals surface area (Å²) in [5, 5.41) is 0. The number of anilines is 1. The topological polar surface area (TPSA) is 82.1 Å². The molecule has 0 aliphatic carbocycles. The molecule has 0 spiro atoms. The average Bonchev–Trinajstić information content (AvgIpc) is 2.65. The van der Waals surface area contributed by atoms with E-state index in [9.17, 15) is 26.4 Å². The molecule has 0 aliphatic heterocycles. The van der Waals surface area contributed by atoms with Crippen molar-refractivity contribution in [3.05, 3.63) is 48.0 Å². The van der Waals surface area contributed by atoms with Crippen molar-refractivity contribution in [3.63, 3.8) is 0 Å². The van der Waals surface area contributed by atoms with Gasteiger partial charge in [0.15, 0.2) is 5.75 Å². The lowest BCUT2D eigenvalue weighted by Crippen LogP contribution is -2.30. The van der Waals surface area contributed by atoms with Crippen LogP contribution in [0.1, 0.15) is 10.4 Å². The lowest BCUT2D eigenvalue weighted by atomic mass is 10.1. The molecule has 0 fully saturated rings. The predicted octanol–water partition coefficient (Wildman–Crippen LogP) is 3.21. The third-order valence-electron chi connectivity index (χ3n) is 3.67. The third-order valence-corrected chi connectivity index (χ3v) is 4.63. The first-order valence-electron chi connectivity index (χ1n) is 7.61. The molecule has 0 aromatic heterocycles. The highest BCUT2D eigenvalue weighted by Crippen LogP contribution is 2.32. The van der Waals surface area contributed by atoms with Gasteiger partial charge in [0.2, 0.25) is 0 Å². The van der Waals surface area contributed by atoms with Crippen molar-refractivity contribution in [2.24, 2.45) is 0 Å². The Labute approximate surface area is 159 Å². The van der Waals surface area contributed by atoms with Crippen molar-refractivity contribution in [2.75, 3.05) is 26.2 Å². The second-order valence-corrected chi connectivity index (χ2v) is 6.95. The molecule has 0 unspecified atom stereocenters. The number of hydrogen-bond acceptors (Lipinski definition) is 6. The molecule has 28 heavy (non-hydrogen) atoms. The molecule has 7 nitrogen and oxygen atoms in total. The summed E-state index contributed by atoms with van der Waals surface area (Å²) in [6.07, 6.45) is 0. The van der Waals surface area contributed by atoms with Gasteiger partial charge in [-0.15, -0.1) is 0 Å². The van der Waals surface area contributed by atoms with Crippen LogP contribution in [0.15, 0.2) is 42.5 Å². The summed E-state index contributed by atoms with van der Waals surface area (Å²) in [6, 6.07) is 9.56. The Hall–Kier alpha value is -2.95. The molecular formula is C17H16F3NO6S. The summed E-state index contributed by atoms with van der Waals surface area (Å²) < 4.78 is 74.9. The van der Waals surface area contributed by atoms with Crippen LogP contribution in [-0.2, 0) is 10.1 Å². The number of benzene rings is 2. The van der Waals surface area contributed by atoms with Crippen LogP contribution < -0.4 is 18.6 Å². The fourth-order valence-corrected chi connectivity index (χ4v) is 2.61. The molecule has 0 aliphatic rings. The van der Waals surface area contributed by atoms with E-state index in [-0.39, 0.29) is 5.75 Å². The summed E-state index contributed by atoms with van der Waals surface area (Å²) in [5.74, 6) is -1.05. The summed E-state index contributed by atoms with van der Waals surface area (Å²) >= 11 is 0. The number of ether oxygens (including phenoxy) is 2. The molecule has 0 heterocycles. The van der Waals surface area contributed by atoms with Crippen molar-refractivity contribution < 1.29 is 40.0 Å². The molecule has 2 aromatic carbocycles. The first-order chi connectivity index (χ1) is 13.0. The van der Waals surface area contributed by atoms with E-state index in [1.165, 1.54) is 27.3 Å². The number of carbonyl (C=O) groups is 1. The van der Waals surface area contributed by atoms with Gasteiger partial charge in [0, 0.05) is 18.8 Å². The van der Waals surface area contributed by atoms with Gasteiger partial charge in [-0.1, -0.05) is 0 Å². The number of nitrogens with zero attached hydrogens (tertiary/aromatic N) is 1. The minimum atomic E-state index is -5.97. The molecule has 152 valence electrons. The standard InChI is InChI=1S/C17H16F3NO6S/c1-21(11-4-6-12(25-2)7-5-11)16(22)14-9-8-13(26-3)10-15(14)27-28(23,24)17(18,19)20/h4-10H,1-3H3. The molecule has 0 radical (unpaired) electrons. The molecule has 1 amide bonds. The number of alkyl halides is 3. The summed E-state index contributed by atoms with van der Waals surface area (Å²) in [5.41, 5.74) is -5.66. The van der Waals surface area contributed by atoms with Gasteiger partial charge >= 0.3 is 15.6 Å². The Morgan fingerprint density at radius 1 is 0.964 bits per heavy atom. The number of halogens is 3. The van der Waals surface area contributed by atoms with E-state index >= 15 is 0 Å². The quantitative estimate of drug-likeness (QED) is 0.528. The summed E-state index contributed by atoms with van der Waals surface area (Å²) in [7, 11) is -1.91. The molecule has 0 N–H and O–H groups in total. The average molecular weight is 419 g/mol. The SMILES string of the molecule is COc1ccc(N(C)C(=O)c2ccc(OC)cc2OS(=O)(=O)C(F)(F)F)cc1. The van der Waals surface area contributed by atoms with Gasteiger partial charge in [0.05, 0.1) is 19.8 Å². The van der Waals surface area contributed by atoms with Crippen LogP contribution in [-0.4, -0.2) is 41.1 Å². The van der Waals surface area contributed by atoms with Gasteiger partial charge in [-0.3, -0.25) is 4.79 Å². The number of hydrogen-bond donors (Lipinski definition) is 0. The van der Waals surface area contributed by atoms with Crippen LogP contribution in [0.5, 0.6) is 17.2 Å². The Morgan fingerprint density at radius 2 is 1.50 bits per heavy atom. The molecule has 0 bridgehead atoms. The van der Waals surface area contributed by atoms with Gasteiger partial charge in [-0.25, -0.2) is 0 Å². The molecule has 2 rings (SSSR count). The Kier molecular flexibility index (Phi) is 6.07. The Morgan fingerprint density at radius 3 is 2.00 bits per heavy atom. The van der Waals surface area contributed by atoms with Crippen molar-refractivity contribution in [1.29, 1.82) is 0 Å². The summed E-state index contributed by atoms with van der Waals surface area (Å²) in [4.78, 5) is 13.9.